The van der Waals surface area contributed by atoms with Gasteiger partial charge in [0.05, 0.1) is 25.4 Å². The molecule has 0 fully saturated rings. The third-order valence-electron chi connectivity index (χ3n) is 9.02. The van der Waals surface area contributed by atoms with E-state index < -0.39 is 12.1 Å². The van der Waals surface area contributed by atoms with Crippen LogP contribution in [0.5, 0.6) is 11.5 Å². The van der Waals surface area contributed by atoms with Crippen LogP contribution in [0.1, 0.15) is 91.2 Å². The number of hydrogen-bond acceptors (Lipinski definition) is 8. The maximum absolute atomic E-state index is 14.0. The Bertz CT molecular complexity index is 1890. The van der Waals surface area contributed by atoms with E-state index in [2.05, 4.69) is 0 Å². The molecule has 279 valence electrons. The number of aliphatic hydroxyl groups excluding tert-OH is 2. The molecule has 1 radical (unpaired) electrons. The fraction of sp³-hybridized carbons (Fsp3) is 0.273. The number of aliphatic imine (C=N–C) groups is 2. The zero-order valence-electron chi connectivity index (χ0n) is 32.0. The maximum Gasteiger partial charge on any atom is 0.198 e. The van der Waals surface area contributed by atoms with Crippen molar-refractivity contribution in [1.29, 1.82) is 0 Å². The third-order valence-corrected chi connectivity index (χ3v) is 9.02. The van der Waals surface area contributed by atoms with Crippen molar-refractivity contribution in [3.63, 3.8) is 0 Å². The van der Waals surface area contributed by atoms with Gasteiger partial charge in [-0.25, -0.2) is 0 Å². The van der Waals surface area contributed by atoms with Crippen molar-refractivity contribution in [3.8, 4) is 11.5 Å². The van der Waals surface area contributed by atoms with Crippen molar-refractivity contribution in [2.24, 2.45) is 9.98 Å². The first-order valence-corrected chi connectivity index (χ1v) is 17.1. The molecule has 4 aromatic rings. The van der Waals surface area contributed by atoms with E-state index >= 15 is 0 Å². The van der Waals surface area contributed by atoms with Crippen molar-refractivity contribution >= 4 is 24.0 Å². The number of aliphatic hydroxyl groups is 2. The molecule has 0 bridgehead atoms. The molecule has 0 aliphatic rings. The average Bonchev–Trinajstić information content (AvgIpc) is 3.08. The molecule has 0 unspecified atom stereocenters. The van der Waals surface area contributed by atoms with Gasteiger partial charge in [-0.3, -0.25) is 19.6 Å². The second-order valence-electron chi connectivity index (χ2n) is 13.2. The first-order valence-electron chi connectivity index (χ1n) is 17.1. The second-order valence-corrected chi connectivity index (χ2v) is 13.2. The molecular formula is C44H48CoN2O6. The van der Waals surface area contributed by atoms with Crippen LogP contribution < -0.4 is 9.47 Å². The number of nitrogens with zero attached hydrogens (tertiary/aromatic N) is 2. The van der Waals surface area contributed by atoms with Gasteiger partial charge in [-0.15, -0.1) is 0 Å². The molecule has 53 heavy (non-hydrogen) atoms. The Morgan fingerprint density at radius 3 is 1.09 bits per heavy atom. The van der Waals surface area contributed by atoms with Gasteiger partial charge in [-0.1, -0.05) is 59.7 Å². The smallest absolute Gasteiger partial charge is 0.198 e. The molecule has 0 spiro atoms. The topological polar surface area (TPSA) is 118 Å². The van der Waals surface area contributed by atoms with Crippen LogP contribution in [0.3, 0.4) is 0 Å². The number of carbonyl (C=O) groups is 2. The van der Waals surface area contributed by atoms with Gasteiger partial charge in [0.1, 0.15) is 35.1 Å². The first kappa shape index (κ1) is 42.2. The SMILES string of the molecule is COc1ccc([C@H](N=C/C(C(=O)c2c(C)cc(C)cc2C)=C(/C)O)[C@@H](N=C/C(C(=O)c2c(C)cc(C)cc2C)=C(/C)O)c2ccc(OC)cc2)cc1.[Co]. The third kappa shape index (κ3) is 10.00. The van der Waals surface area contributed by atoms with Gasteiger partial charge in [-0.05, 0) is 113 Å². The summed E-state index contributed by atoms with van der Waals surface area (Å²) in [5.41, 5.74) is 7.78. The van der Waals surface area contributed by atoms with Crippen LogP contribution in [0, 0.1) is 41.5 Å². The van der Waals surface area contributed by atoms with E-state index in [9.17, 15) is 19.8 Å². The molecule has 0 aromatic heterocycles. The standard InChI is InChI=1S/C44H48N2O6.Co/c1-25-19-27(3)39(28(4)20-25)43(49)37(31(7)47)23-45-41(33-11-15-35(51-9)16-12-33)42(34-13-17-36(52-10)18-14-34)46-24-38(32(8)48)44(50)40-29(5)21-26(2)22-30(40)6;/h11-24,41-42,47-48H,1-10H3;/b37-31+,38-32+,45-23?,46-24?;/t41-,42-;/m0./s1. The molecule has 2 atom stereocenters. The fourth-order valence-corrected chi connectivity index (χ4v) is 6.59. The summed E-state index contributed by atoms with van der Waals surface area (Å²) in [7, 11) is 3.16. The van der Waals surface area contributed by atoms with Gasteiger partial charge >= 0.3 is 0 Å². The molecule has 0 heterocycles. The van der Waals surface area contributed by atoms with E-state index in [1.54, 1.807) is 38.5 Å². The quantitative estimate of drug-likeness (QED) is 0.0607. The van der Waals surface area contributed by atoms with Gasteiger partial charge in [0, 0.05) is 40.3 Å². The number of ether oxygens (including phenoxy) is 2. The Labute approximate surface area is 323 Å². The summed E-state index contributed by atoms with van der Waals surface area (Å²) in [4.78, 5) is 38.0. The number of ketones is 2. The second kappa shape index (κ2) is 18.5. The molecule has 0 aliphatic heterocycles. The van der Waals surface area contributed by atoms with Crippen LogP contribution in [-0.2, 0) is 16.8 Å². The molecule has 4 aromatic carbocycles. The zero-order chi connectivity index (χ0) is 38.3. The van der Waals surface area contributed by atoms with Crippen LogP contribution in [0.4, 0.5) is 0 Å². The van der Waals surface area contributed by atoms with Gasteiger partial charge < -0.3 is 19.7 Å². The van der Waals surface area contributed by atoms with Crippen molar-refractivity contribution < 1.29 is 46.1 Å². The minimum atomic E-state index is -0.767. The van der Waals surface area contributed by atoms with Crippen molar-refractivity contribution in [1.82, 2.24) is 0 Å². The molecule has 0 amide bonds. The van der Waals surface area contributed by atoms with Crippen LogP contribution in [0.25, 0.3) is 0 Å². The van der Waals surface area contributed by atoms with Crippen LogP contribution >= 0.6 is 0 Å². The Hall–Kier alpha value is -5.25. The molecule has 0 aliphatic carbocycles. The van der Waals surface area contributed by atoms with Crippen LogP contribution in [0.2, 0.25) is 0 Å². The Balaban J connectivity index is 0.00000756. The number of rotatable bonds is 13. The monoisotopic (exact) mass is 759 g/mol. The summed E-state index contributed by atoms with van der Waals surface area (Å²) in [6.07, 6.45) is 2.80. The summed E-state index contributed by atoms with van der Waals surface area (Å²) in [5, 5.41) is 21.7. The number of methoxy groups -OCH3 is 2. The molecule has 8 nitrogen and oxygen atoms in total. The van der Waals surface area contributed by atoms with Crippen LogP contribution in [0.15, 0.2) is 105 Å². The Morgan fingerprint density at radius 1 is 0.566 bits per heavy atom. The summed E-state index contributed by atoms with van der Waals surface area (Å²) >= 11 is 0. The number of carbonyl (C=O) groups excluding carboxylic acids is 2. The normalized spacial score (nSPS) is 13.5. The van der Waals surface area contributed by atoms with Gasteiger partial charge in [0.25, 0.3) is 0 Å². The summed E-state index contributed by atoms with van der Waals surface area (Å²) in [6, 6.07) is 20.9. The predicted molar refractivity (Wildman–Crippen MR) is 209 cm³/mol. The molecule has 4 rings (SSSR count). The van der Waals surface area contributed by atoms with Gasteiger partial charge in [0.2, 0.25) is 0 Å². The molecular weight excluding hydrogens is 711 g/mol. The Kier molecular flexibility index (Phi) is 14.7. The fourth-order valence-electron chi connectivity index (χ4n) is 6.59. The van der Waals surface area contributed by atoms with E-state index in [1.807, 2.05) is 90.1 Å². The first-order chi connectivity index (χ1) is 24.7. The zero-order valence-corrected chi connectivity index (χ0v) is 33.0. The maximum atomic E-state index is 14.0. The molecule has 0 saturated heterocycles. The average molecular weight is 760 g/mol. The van der Waals surface area contributed by atoms with E-state index in [4.69, 9.17) is 19.5 Å². The van der Waals surface area contributed by atoms with Gasteiger partial charge in [-0.2, -0.15) is 0 Å². The number of aryl methyl sites for hydroxylation is 6. The largest absolute Gasteiger partial charge is 0.512 e. The molecule has 0 saturated carbocycles. The van der Waals surface area contributed by atoms with Gasteiger partial charge in [0.15, 0.2) is 11.6 Å². The van der Waals surface area contributed by atoms with Crippen molar-refractivity contribution in [3.05, 3.63) is 151 Å². The minimum absolute atomic E-state index is 0. The molecule has 9 heteroatoms. The summed E-state index contributed by atoms with van der Waals surface area (Å²) < 4.78 is 10.8. The van der Waals surface area contributed by atoms with Crippen LogP contribution in [-0.4, -0.2) is 48.4 Å². The van der Waals surface area contributed by atoms with E-state index in [0.717, 1.165) is 44.5 Å². The number of allylic oxidation sites excluding steroid dienone is 4. The van der Waals surface area contributed by atoms with Crippen molar-refractivity contribution in [2.75, 3.05) is 14.2 Å². The molecule has 2 N–H and O–H groups in total. The minimum Gasteiger partial charge on any atom is -0.512 e. The number of benzene rings is 4. The number of Topliss-reactive ketones (excluding diaryl/α,β-unsaturated/α-hetero) is 2. The van der Waals surface area contributed by atoms with E-state index in [1.165, 1.54) is 26.3 Å². The summed E-state index contributed by atoms with van der Waals surface area (Å²) in [5.74, 6) is 0.209. The van der Waals surface area contributed by atoms with E-state index in [0.29, 0.717) is 22.6 Å². The predicted octanol–water partition coefficient (Wildman–Crippen LogP) is 9.91. The Morgan fingerprint density at radius 2 is 0.849 bits per heavy atom. The number of hydrogen-bond donors (Lipinski definition) is 2. The van der Waals surface area contributed by atoms with E-state index in [-0.39, 0.29) is 51.0 Å². The summed E-state index contributed by atoms with van der Waals surface area (Å²) in [6.45, 7) is 14.4. The van der Waals surface area contributed by atoms with Crippen molar-refractivity contribution in [2.45, 2.75) is 67.5 Å².